The molecule has 0 unspecified atom stereocenters. The van der Waals surface area contributed by atoms with Crippen LogP contribution in [0.2, 0.25) is 5.15 Å². The number of carbonyl (C=O) groups is 2. The van der Waals surface area contributed by atoms with Crippen LogP contribution in [0.1, 0.15) is 5.56 Å². The molecule has 3 N–H and O–H groups in total. The molecule has 8 heteroatoms. The van der Waals surface area contributed by atoms with E-state index in [1.807, 2.05) is 0 Å². The lowest BCUT2D eigenvalue weighted by molar-refractivity contribution is -0.118. The van der Waals surface area contributed by atoms with E-state index in [1.165, 1.54) is 0 Å². The van der Waals surface area contributed by atoms with E-state index in [-0.39, 0.29) is 12.5 Å². The summed E-state index contributed by atoms with van der Waals surface area (Å²) < 4.78 is 5.36. The third kappa shape index (κ3) is 3.70. The molecule has 0 saturated heterocycles. The summed E-state index contributed by atoms with van der Waals surface area (Å²) >= 11 is 5.70. The van der Waals surface area contributed by atoms with Crippen LogP contribution in [0.4, 0.5) is 16.2 Å². The third-order valence-corrected chi connectivity index (χ3v) is 3.35. The number of carbonyl (C=O) groups excluding carboxylic acids is 2. The van der Waals surface area contributed by atoms with E-state index >= 15 is 0 Å². The molecule has 2 heterocycles. The van der Waals surface area contributed by atoms with Crippen molar-refractivity contribution >= 4 is 34.9 Å². The Balaban J connectivity index is 1.63. The van der Waals surface area contributed by atoms with Crippen molar-refractivity contribution in [2.75, 3.05) is 17.2 Å². The largest absolute Gasteiger partial charge is 0.479 e. The Morgan fingerprint density at radius 2 is 2.22 bits per heavy atom. The Bertz CT molecular complexity index is 749. The van der Waals surface area contributed by atoms with Crippen LogP contribution in [0.5, 0.6) is 5.75 Å². The van der Waals surface area contributed by atoms with Gasteiger partial charge in [-0.2, -0.15) is 0 Å². The number of fused-ring (bicyclic) bond motifs is 1. The molecule has 0 atom stereocenters. The molecule has 0 saturated carbocycles. The van der Waals surface area contributed by atoms with Gasteiger partial charge < -0.3 is 20.7 Å². The Kier molecular flexibility index (Phi) is 4.29. The lowest BCUT2D eigenvalue weighted by Gasteiger charge is -2.20. The summed E-state index contributed by atoms with van der Waals surface area (Å²) in [6.07, 6.45) is 1.59. The second-order valence-electron chi connectivity index (χ2n) is 4.82. The quantitative estimate of drug-likeness (QED) is 0.752. The number of halogens is 1. The van der Waals surface area contributed by atoms with Gasteiger partial charge in [-0.15, -0.1) is 0 Å². The number of hydrogen-bond donors (Lipinski definition) is 3. The maximum Gasteiger partial charge on any atom is 0.319 e. The Morgan fingerprint density at radius 3 is 3.00 bits per heavy atom. The molecule has 3 rings (SSSR count). The maximum absolute atomic E-state index is 12.0. The van der Waals surface area contributed by atoms with Crippen LogP contribution in [0.15, 0.2) is 36.5 Å². The number of nitrogens with zero attached hydrogens (tertiary/aromatic N) is 1. The number of ether oxygens (including phenoxy) is 1. The van der Waals surface area contributed by atoms with Crippen molar-refractivity contribution in [1.82, 2.24) is 10.3 Å². The summed E-state index contributed by atoms with van der Waals surface area (Å²) in [6, 6.07) is 8.15. The van der Waals surface area contributed by atoms with Gasteiger partial charge in [-0.05, 0) is 23.8 Å². The van der Waals surface area contributed by atoms with E-state index in [0.717, 1.165) is 5.56 Å². The van der Waals surface area contributed by atoms with Gasteiger partial charge in [0.25, 0.3) is 5.91 Å². The summed E-state index contributed by atoms with van der Waals surface area (Å²) in [5.41, 5.74) is 1.83. The average Bonchev–Trinajstić information content (AvgIpc) is 2.54. The van der Waals surface area contributed by atoms with E-state index in [9.17, 15) is 9.59 Å². The molecule has 1 aromatic carbocycles. The van der Waals surface area contributed by atoms with Gasteiger partial charge in [0, 0.05) is 12.7 Å². The molecule has 0 bridgehead atoms. The number of anilines is 2. The minimum atomic E-state index is -0.395. The lowest BCUT2D eigenvalue weighted by atomic mass is 10.2. The standard InChI is InChI=1S/C15H13ClN4O3/c16-12-5-4-9(6-17-12)7-18-15(22)20-11-3-1-2-10-14(11)23-8-13(21)19-10/h1-6H,7-8H2,(H,19,21)(H2,18,20,22). The Morgan fingerprint density at radius 1 is 1.35 bits per heavy atom. The van der Waals surface area contributed by atoms with Crippen LogP contribution in [0.25, 0.3) is 0 Å². The third-order valence-electron chi connectivity index (χ3n) is 3.13. The molecule has 1 aromatic heterocycles. The number of urea groups is 1. The fourth-order valence-electron chi connectivity index (χ4n) is 2.07. The molecule has 0 aliphatic carbocycles. The summed E-state index contributed by atoms with van der Waals surface area (Å²) in [5.74, 6) is 0.213. The van der Waals surface area contributed by atoms with Crippen molar-refractivity contribution in [1.29, 1.82) is 0 Å². The molecule has 3 amide bonds. The van der Waals surface area contributed by atoms with E-state index in [4.69, 9.17) is 16.3 Å². The van der Waals surface area contributed by atoms with Crippen LogP contribution in [-0.2, 0) is 11.3 Å². The van der Waals surface area contributed by atoms with Crippen molar-refractivity contribution in [2.24, 2.45) is 0 Å². The number of para-hydroxylation sites is 1. The predicted octanol–water partition coefficient (Wildman–Crippen LogP) is 2.39. The molecule has 7 nitrogen and oxygen atoms in total. The van der Waals surface area contributed by atoms with Gasteiger partial charge in [-0.3, -0.25) is 4.79 Å². The topological polar surface area (TPSA) is 92.3 Å². The molecular weight excluding hydrogens is 320 g/mol. The zero-order valence-electron chi connectivity index (χ0n) is 11.9. The average molecular weight is 333 g/mol. The highest BCUT2D eigenvalue weighted by Crippen LogP contribution is 2.35. The smallest absolute Gasteiger partial charge is 0.319 e. The second-order valence-corrected chi connectivity index (χ2v) is 5.20. The van der Waals surface area contributed by atoms with Gasteiger partial charge in [-0.1, -0.05) is 23.7 Å². The minimum absolute atomic E-state index is 0.0796. The van der Waals surface area contributed by atoms with Gasteiger partial charge in [0.2, 0.25) is 0 Å². The molecule has 118 valence electrons. The van der Waals surface area contributed by atoms with Gasteiger partial charge in [0.15, 0.2) is 12.4 Å². The summed E-state index contributed by atoms with van der Waals surface area (Å²) in [7, 11) is 0. The van der Waals surface area contributed by atoms with Crippen LogP contribution < -0.4 is 20.7 Å². The van der Waals surface area contributed by atoms with E-state index in [2.05, 4.69) is 20.9 Å². The second kappa shape index (κ2) is 6.53. The lowest BCUT2D eigenvalue weighted by Crippen LogP contribution is -2.30. The van der Waals surface area contributed by atoms with Crippen LogP contribution in [0.3, 0.4) is 0 Å². The zero-order chi connectivity index (χ0) is 16.2. The number of amides is 3. The number of benzene rings is 1. The van der Waals surface area contributed by atoms with Crippen molar-refractivity contribution in [2.45, 2.75) is 6.54 Å². The van der Waals surface area contributed by atoms with Gasteiger partial charge in [0.1, 0.15) is 5.15 Å². The maximum atomic E-state index is 12.0. The van der Waals surface area contributed by atoms with Crippen molar-refractivity contribution in [3.8, 4) is 5.75 Å². The molecule has 1 aliphatic rings. The first kappa shape index (κ1) is 15.1. The minimum Gasteiger partial charge on any atom is -0.479 e. The Labute approximate surface area is 137 Å². The van der Waals surface area contributed by atoms with E-state index < -0.39 is 6.03 Å². The fourth-order valence-corrected chi connectivity index (χ4v) is 2.19. The summed E-state index contributed by atoms with van der Waals surface area (Å²) in [6.45, 7) is 0.229. The van der Waals surface area contributed by atoms with Crippen LogP contribution in [0, 0.1) is 0 Å². The number of rotatable bonds is 3. The van der Waals surface area contributed by atoms with Gasteiger partial charge in [-0.25, -0.2) is 9.78 Å². The zero-order valence-corrected chi connectivity index (χ0v) is 12.7. The van der Waals surface area contributed by atoms with E-state index in [0.29, 0.717) is 28.8 Å². The van der Waals surface area contributed by atoms with Crippen molar-refractivity contribution in [3.05, 3.63) is 47.2 Å². The van der Waals surface area contributed by atoms with E-state index in [1.54, 1.807) is 36.5 Å². The summed E-state index contributed by atoms with van der Waals surface area (Å²) in [4.78, 5) is 27.2. The van der Waals surface area contributed by atoms with Crippen LogP contribution >= 0.6 is 11.6 Å². The molecular formula is C15H13ClN4O3. The molecule has 23 heavy (non-hydrogen) atoms. The Hall–Kier alpha value is -2.80. The highest BCUT2D eigenvalue weighted by Gasteiger charge is 2.19. The normalized spacial score (nSPS) is 12.7. The first-order valence-electron chi connectivity index (χ1n) is 6.83. The molecule has 1 aliphatic heterocycles. The molecule has 0 spiro atoms. The highest BCUT2D eigenvalue weighted by atomic mass is 35.5. The van der Waals surface area contributed by atoms with Crippen molar-refractivity contribution in [3.63, 3.8) is 0 Å². The fraction of sp³-hybridized carbons (Fsp3) is 0.133. The molecule has 0 fully saturated rings. The SMILES string of the molecule is O=C1COc2c(cccc2NC(=O)NCc2ccc(Cl)nc2)N1. The number of hydrogen-bond acceptors (Lipinski definition) is 4. The highest BCUT2D eigenvalue weighted by molar-refractivity contribution is 6.29. The number of pyridine rings is 1. The summed E-state index contributed by atoms with van der Waals surface area (Å²) in [5, 5.41) is 8.48. The number of aromatic nitrogens is 1. The monoisotopic (exact) mass is 332 g/mol. The molecule has 2 aromatic rings. The van der Waals surface area contributed by atoms with Crippen molar-refractivity contribution < 1.29 is 14.3 Å². The van der Waals surface area contributed by atoms with Gasteiger partial charge in [0.05, 0.1) is 11.4 Å². The first-order chi connectivity index (χ1) is 11.1. The van der Waals surface area contributed by atoms with Crippen LogP contribution in [-0.4, -0.2) is 23.5 Å². The first-order valence-corrected chi connectivity index (χ1v) is 7.20. The molecule has 0 radical (unpaired) electrons. The predicted molar refractivity (Wildman–Crippen MR) is 85.7 cm³/mol. The van der Waals surface area contributed by atoms with Gasteiger partial charge >= 0.3 is 6.03 Å². The number of nitrogens with one attached hydrogen (secondary N) is 3.